The van der Waals surface area contributed by atoms with Gasteiger partial charge < -0.3 is 10.2 Å². The Kier molecular flexibility index (Phi) is 7.39. The summed E-state index contributed by atoms with van der Waals surface area (Å²) >= 11 is 0. The summed E-state index contributed by atoms with van der Waals surface area (Å²) < 4.78 is 27.7. The van der Waals surface area contributed by atoms with Gasteiger partial charge in [-0.3, -0.25) is 4.79 Å². The topological polar surface area (TPSA) is 69.7 Å². The maximum Gasteiger partial charge on any atom is 0.243 e. The van der Waals surface area contributed by atoms with Crippen molar-refractivity contribution in [1.82, 2.24) is 4.31 Å². The number of hydrogen-bond acceptors (Lipinski definition) is 4. The van der Waals surface area contributed by atoms with Crippen molar-refractivity contribution in [2.24, 2.45) is 5.92 Å². The minimum Gasteiger partial charge on any atom is -0.372 e. The second-order valence-electron chi connectivity index (χ2n) is 9.38. The molecule has 0 saturated carbocycles. The van der Waals surface area contributed by atoms with Gasteiger partial charge in [0.2, 0.25) is 15.9 Å². The van der Waals surface area contributed by atoms with E-state index in [2.05, 4.69) is 22.3 Å². The molecule has 2 saturated heterocycles. The SMILES string of the molecule is Cc1ccc(S(=O)(=O)N2CCC(C(=O)Nc3ccc(N4CCCCCC4)cc3)CC2)c(C)c1. The van der Waals surface area contributed by atoms with E-state index < -0.39 is 10.0 Å². The Morgan fingerprint density at radius 1 is 0.879 bits per heavy atom. The van der Waals surface area contributed by atoms with Crippen molar-refractivity contribution < 1.29 is 13.2 Å². The zero-order valence-electron chi connectivity index (χ0n) is 19.7. The summed E-state index contributed by atoms with van der Waals surface area (Å²) in [6.07, 6.45) is 6.13. The molecule has 0 unspecified atom stereocenters. The summed E-state index contributed by atoms with van der Waals surface area (Å²) in [5.74, 6) is -0.207. The smallest absolute Gasteiger partial charge is 0.243 e. The molecule has 2 heterocycles. The third-order valence-electron chi connectivity index (χ3n) is 6.88. The van der Waals surface area contributed by atoms with E-state index in [1.165, 1.54) is 35.7 Å². The molecule has 2 aliphatic rings. The van der Waals surface area contributed by atoms with Crippen LogP contribution in [0.15, 0.2) is 47.4 Å². The van der Waals surface area contributed by atoms with Crippen LogP contribution in [0.1, 0.15) is 49.7 Å². The van der Waals surface area contributed by atoms with Gasteiger partial charge in [-0.2, -0.15) is 4.31 Å². The number of rotatable bonds is 5. The fraction of sp³-hybridized carbons (Fsp3) is 0.500. The Bertz CT molecular complexity index is 1070. The molecule has 178 valence electrons. The monoisotopic (exact) mass is 469 g/mol. The summed E-state index contributed by atoms with van der Waals surface area (Å²) in [6, 6.07) is 13.5. The number of carbonyl (C=O) groups is 1. The van der Waals surface area contributed by atoms with Gasteiger partial charge in [0.25, 0.3) is 0 Å². The molecular weight excluding hydrogens is 434 g/mol. The Morgan fingerprint density at radius 2 is 1.52 bits per heavy atom. The number of benzene rings is 2. The van der Waals surface area contributed by atoms with Crippen LogP contribution >= 0.6 is 0 Å². The van der Waals surface area contributed by atoms with Gasteiger partial charge in [-0.05, 0) is 75.4 Å². The molecule has 0 aliphatic carbocycles. The van der Waals surface area contributed by atoms with Crippen molar-refractivity contribution in [2.45, 2.75) is 57.3 Å². The van der Waals surface area contributed by atoms with Gasteiger partial charge in [0.15, 0.2) is 0 Å². The number of aryl methyl sites for hydroxylation is 2. The predicted molar refractivity (Wildman–Crippen MR) is 133 cm³/mol. The minimum absolute atomic E-state index is 0.0268. The number of anilines is 2. The molecule has 6 nitrogen and oxygen atoms in total. The zero-order valence-corrected chi connectivity index (χ0v) is 20.5. The molecule has 2 fully saturated rings. The number of nitrogens with one attached hydrogen (secondary N) is 1. The highest BCUT2D eigenvalue weighted by atomic mass is 32.2. The first-order valence-electron chi connectivity index (χ1n) is 12.1. The summed E-state index contributed by atoms with van der Waals surface area (Å²) in [5, 5.41) is 3.03. The number of amides is 1. The number of sulfonamides is 1. The first-order chi connectivity index (χ1) is 15.8. The highest BCUT2D eigenvalue weighted by molar-refractivity contribution is 7.89. The number of piperidine rings is 1. The predicted octanol–water partition coefficient (Wildman–Crippen LogP) is 4.72. The maximum atomic E-state index is 13.1. The van der Waals surface area contributed by atoms with Crippen molar-refractivity contribution in [3.63, 3.8) is 0 Å². The normalized spacial score (nSPS) is 18.7. The van der Waals surface area contributed by atoms with Crippen LogP contribution in [0.3, 0.4) is 0 Å². The van der Waals surface area contributed by atoms with Crippen LogP contribution in [0.5, 0.6) is 0 Å². The van der Waals surface area contributed by atoms with Crippen molar-refractivity contribution in [3.8, 4) is 0 Å². The molecule has 2 aromatic carbocycles. The molecule has 1 N–H and O–H groups in total. The van der Waals surface area contributed by atoms with Gasteiger partial charge >= 0.3 is 0 Å². The maximum absolute atomic E-state index is 13.1. The average Bonchev–Trinajstić information content (AvgIpc) is 3.09. The fourth-order valence-corrected chi connectivity index (χ4v) is 6.59. The molecular formula is C26H35N3O3S. The molecule has 0 spiro atoms. The molecule has 4 rings (SSSR count). The summed E-state index contributed by atoms with van der Waals surface area (Å²) in [4.78, 5) is 15.6. The minimum atomic E-state index is -3.54. The highest BCUT2D eigenvalue weighted by Crippen LogP contribution is 2.27. The molecule has 0 aromatic heterocycles. The van der Waals surface area contributed by atoms with Crippen LogP contribution in [0.4, 0.5) is 11.4 Å². The molecule has 2 aromatic rings. The van der Waals surface area contributed by atoms with Gasteiger partial charge in [0.1, 0.15) is 0 Å². The lowest BCUT2D eigenvalue weighted by molar-refractivity contribution is -0.120. The van der Waals surface area contributed by atoms with E-state index in [1.807, 2.05) is 38.1 Å². The Balaban J connectivity index is 1.33. The lowest BCUT2D eigenvalue weighted by Crippen LogP contribution is -2.41. The summed E-state index contributed by atoms with van der Waals surface area (Å²) in [7, 11) is -3.54. The number of hydrogen-bond donors (Lipinski definition) is 1. The Morgan fingerprint density at radius 3 is 2.12 bits per heavy atom. The molecule has 7 heteroatoms. The van der Waals surface area contributed by atoms with E-state index in [4.69, 9.17) is 0 Å². The van der Waals surface area contributed by atoms with E-state index in [0.717, 1.165) is 29.9 Å². The van der Waals surface area contributed by atoms with E-state index in [-0.39, 0.29) is 11.8 Å². The molecule has 33 heavy (non-hydrogen) atoms. The molecule has 0 atom stereocenters. The summed E-state index contributed by atoms with van der Waals surface area (Å²) in [5.41, 5.74) is 3.81. The van der Waals surface area contributed by atoms with Crippen LogP contribution in [-0.2, 0) is 14.8 Å². The second-order valence-corrected chi connectivity index (χ2v) is 11.3. The van der Waals surface area contributed by atoms with Gasteiger partial charge in [0, 0.05) is 43.5 Å². The average molecular weight is 470 g/mol. The standard InChI is InChI=1S/C26H35N3O3S/c1-20-7-12-25(21(2)19-20)33(31,32)29-17-13-22(14-18-29)26(30)27-23-8-10-24(11-9-23)28-15-5-3-4-6-16-28/h7-12,19,22H,3-6,13-18H2,1-2H3,(H,27,30). The fourth-order valence-electron chi connectivity index (χ4n) is 4.91. The van der Waals surface area contributed by atoms with E-state index in [1.54, 1.807) is 6.07 Å². The van der Waals surface area contributed by atoms with Gasteiger partial charge in [0.05, 0.1) is 4.90 Å². The van der Waals surface area contributed by atoms with Crippen LogP contribution in [0, 0.1) is 19.8 Å². The third-order valence-corrected chi connectivity index (χ3v) is 8.94. The van der Waals surface area contributed by atoms with Crippen LogP contribution in [0.25, 0.3) is 0 Å². The van der Waals surface area contributed by atoms with Gasteiger partial charge in [-0.25, -0.2) is 8.42 Å². The highest BCUT2D eigenvalue weighted by Gasteiger charge is 2.32. The number of nitrogens with zero attached hydrogens (tertiary/aromatic N) is 2. The Labute approximate surface area is 198 Å². The summed E-state index contributed by atoms with van der Waals surface area (Å²) in [6.45, 7) is 6.70. The third kappa shape index (κ3) is 5.58. The molecule has 2 aliphatic heterocycles. The largest absolute Gasteiger partial charge is 0.372 e. The lowest BCUT2D eigenvalue weighted by Gasteiger charge is -2.31. The second kappa shape index (κ2) is 10.3. The van der Waals surface area contributed by atoms with Gasteiger partial charge in [-0.1, -0.05) is 30.5 Å². The molecule has 1 amide bonds. The number of carbonyl (C=O) groups excluding carboxylic acids is 1. The molecule has 0 radical (unpaired) electrons. The van der Waals surface area contributed by atoms with E-state index in [0.29, 0.717) is 30.8 Å². The van der Waals surface area contributed by atoms with E-state index >= 15 is 0 Å². The van der Waals surface area contributed by atoms with Crippen molar-refractivity contribution >= 4 is 27.3 Å². The Hall–Kier alpha value is -2.38. The van der Waals surface area contributed by atoms with Crippen molar-refractivity contribution in [3.05, 3.63) is 53.6 Å². The quantitative estimate of drug-likeness (QED) is 0.688. The lowest BCUT2D eigenvalue weighted by atomic mass is 9.97. The van der Waals surface area contributed by atoms with E-state index in [9.17, 15) is 13.2 Å². The van der Waals surface area contributed by atoms with Crippen molar-refractivity contribution in [1.29, 1.82) is 0 Å². The van der Waals surface area contributed by atoms with Crippen molar-refractivity contribution in [2.75, 3.05) is 36.4 Å². The van der Waals surface area contributed by atoms with Gasteiger partial charge in [-0.15, -0.1) is 0 Å². The first-order valence-corrected chi connectivity index (χ1v) is 13.5. The van der Waals surface area contributed by atoms with Crippen LogP contribution in [-0.4, -0.2) is 44.8 Å². The van der Waals surface area contributed by atoms with Crippen LogP contribution < -0.4 is 10.2 Å². The van der Waals surface area contributed by atoms with Crippen LogP contribution in [0.2, 0.25) is 0 Å². The molecule has 0 bridgehead atoms. The first kappa shape index (κ1) is 23.8. The zero-order chi connectivity index (χ0) is 23.4.